The van der Waals surface area contributed by atoms with E-state index in [2.05, 4.69) is 33.5 Å². The maximum Gasteiger partial charge on any atom is 0.118 e. The zero-order valence-electron chi connectivity index (χ0n) is 11.3. The van der Waals surface area contributed by atoms with Gasteiger partial charge in [0.2, 0.25) is 0 Å². The van der Waals surface area contributed by atoms with Gasteiger partial charge in [-0.3, -0.25) is 0 Å². The van der Waals surface area contributed by atoms with Crippen molar-refractivity contribution in [2.24, 2.45) is 0 Å². The predicted octanol–water partition coefficient (Wildman–Crippen LogP) is 3.86. The van der Waals surface area contributed by atoms with E-state index in [0.717, 1.165) is 17.9 Å². The minimum Gasteiger partial charge on any atom is -0.497 e. The van der Waals surface area contributed by atoms with Crippen LogP contribution in [0.5, 0.6) is 11.5 Å². The van der Waals surface area contributed by atoms with E-state index < -0.39 is 0 Å². The average molecular weight is 274 g/mol. The van der Waals surface area contributed by atoms with Crippen molar-refractivity contribution in [3.63, 3.8) is 0 Å². The third-order valence-corrected chi connectivity index (χ3v) is 3.78. The highest BCUT2D eigenvalue weighted by atomic mass is 31.0. The van der Waals surface area contributed by atoms with Gasteiger partial charge in [0.1, 0.15) is 11.5 Å². The summed E-state index contributed by atoms with van der Waals surface area (Å²) in [5.41, 5.74) is 3.00. The molecule has 2 atom stereocenters. The molecule has 0 amide bonds. The van der Waals surface area contributed by atoms with Gasteiger partial charge in [0, 0.05) is 5.66 Å². The van der Waals surface area contributed by atoms with Crippen molar-refractivity contribution in [2.75, 3.05) is 14.2 Å². The monoisotopic (exact) mass is 274 g/mol. The fourth-order valence-corrected chi connectivity index (χ4v) is 2.48. The summed E-state index contributed by atoms with van der Waals surface area (Å²) in [4.78, 5) is 0. The van der Waals surface area contributed by atoms with Crippen molar-refractivity contribution in [2.45, 2.75) is 12.1 Å². The van der Waals surface area contributed by atoms with Crippen LogP contribution in [-0.4, -0.2) is 14.2 Å². The molecule has 0 aliphatic heterocycles. The summed E-state index contributed by atoms with van der Waals surface area (Å²) in [7, 11) is 6.28. The zero-order chi connectivity index (χ0) is 13.7. The van der Waals surface area contributed by atoms with Crippen LogP contribution >= 0.6 is 9.24 Å². The number of methoxy groups -OCH3 is 2. The molecule has 0 aromatic heterocycles. The summed E-state index contributed by atoms with van der Waals surface area (Å²) < 4.78 is 10.3. The highest BCUT2D eigenvalue weighted by Gasteiger charge is 2.07. The Hall–Kier alpha value is -1.53. The molecule has 19 heavy (non-hydrogen) atoms. The van der Waals surface area contributed by atoms with Crippen molar-refractivity contribution >= 4 is 9.24 Å². The lowest BCUT2D eigenvalue weighted by molar-refractivity contribution is 0.414. The fraction of sp³-hybridized carbons (Fsp3) is 0.250. The molecule has 0 saturated heterocycles. The molecule has 2 rings (SSSR count). The van der Waals surface area contributed by atoms with E-state index in [1.165, 1.54) is 11.1 Å². The number of rotatable bonds is 5. The Morgan fingerprint density at radius 2 is 1.32 bits per heavy atom. The second-order valence-corrected chi connectivity index (χ2v) is 5.24. The molecule has 0 heterocycles. The van der Waals surface area contributed by atoms with Gasteiger partial charge < -0.3 is 9.47 Å². The largest absolute Gasteiger partial charge is 0.497 e. The van der Waals surface area contributed by atoms with Crippen LogP contribution in [0, 0.1) is 0 Å². The molecule has 3 heteroatoms. The normalized spacial score (nSPS) is 11.9. The summed E-state index contributed by atoms with van der Waals surface area (Å²) in [6.07, 6.45) is 0.987. The highest BCUT2D eigenvalue weighted by Crippen LogP contribution is 2.29. The highest BCUT2D eigenvalue weighted by molar-refractivity contribution is 7.17. The molecular formula is C16H19O2P. The van der Waals surface area contributed by atoms with E-state index in [0.29, 0.717) is 5.66 Å². The lowest BCUT2D eigenvalue weighted by Crippen LogP contribution is -1.95. The second-order valence-electron chi connectivity index (χ2n) is 4.43. The van der Waals surface area contributed by atoms with E-state index in [-0.39, 0.29) is 0 Å². The molecular weight excluding hydrogens is 255 g/mol. The molecule has 0 N–H and O–H groups in total. The predicted molar refractivity (Wildman–Crippen MR) is 82.1 cm³/mol. The van der Waals surface area contributed by atoms with Crippen LogP contribution in [0.3, 0.4) is 0 Å². The Kier molecular flexibility index (Phi) is 4.81. The van der Waals surface area contributed by atoms with E-state index in [1.54, 1.807) is 14.2 Å². The first kappa shape index (κ1) is 13.9. The van der Waals surface area contributed by atoms with Gasteiger partial charge in [-0.15, -0.1) is 9.24 Å². The SMILES string of the molecule is COc1ccc(CC(P)c2ccc(OC)cc2)cc1. The van der Waals surface area contributed by atoms with Crippen LogP contribution in [-0.2, 0) is 6.42 Å². The molecule has 0 fully saturated rings. The van der Waals surface area contributed by atoms with Crippen molar-refractivity contribution in [3.8, 4) is 11.5 Å². The van der Waals surface area contributed by atoms with Gasteiger partial charge >= 0.3 is 0 Å². The van der Waals surface area contributed by atoms with Gasteiger partial charge in [-0.25, -0.2) is 0 Å². The van der Waals surface area contributed by atoms with Crippen LogP contribution in [0.2, 0.25) is 0 Å². The quantitative estimate of drug-likeness (QED) is 0.771. The minimum absolute atomic E-state index is 0.402. The standard InChI is InChI=1S/C16H19O2P/c1-17-14-7-3-12(4-8-14)11-16(19)13-5-9-15(18-2)10-6-13/h3-10,16H,11,19H2,1-2H3. The molecule has 0 radical (unpaired) electrons. The lowest BCUT2D eigenvalue weighted by Gasteiger charge is -2.13. The van der Waals surface area contributed by atoms with Crippen LogP contribution in [0.25, 0.3) is 0 Å². The molecule has 0 spiro atoms. The van der Waals surface area contributed by atoms with Gasteiger partial charge in [-0.1, -0.05) is 24.3 Å². The molecule has 0 aliphatic carbocycles. The Labute approximate surface area is 117 Å². The maximum atomic E-state index is 5.17. The van der Waals surface area contributed by atoms with Crippen molar-refractivity contribution < 1.29 is 9.47 Å². The Balaban J connectivity index is 2.04. The molecule has 0 aliphatic rings. The number of benzene rings is 2. The van der Waals surface area contributed by atoms with Crippen LogP contribution in [0.4, 0.5) is 0 Å². The minimum atomic E-state index is 0.402. The van der Waals surface area contributed by atoms with Gasteiger partial charge in [0.05, 0.1) is 14.2 Å². The Bertz CT molecular complexity index is 505. The maximum absolute atomic E-state index is 5.17. The third-order valence-electron chi connectivity index (χ3n) is 3.16. The lowest BCUT2D eigenvalue weighted by atomic mass is 10.0. The van der Waals surface area contributed by atoms with E-state index in [9.17, 15) is 0 Å². The number of hydrogen-bond donors (Lipinski definition) is 0. The molecule has 2 aromatic carbocycles. The molecule has 0 saturated carbocycles. The molecule has 0 bridgehead atoms. The van der Waals surface area contributed by atoms with E-state index >= 15 is 0 Å². The summed E-state index contributed by atoms with van der Waals surface area (Å²) >= 11 is 0. The fourth-order valence-electron chi connectivity index (χ4n) is 1.98. The summed E-state index contributed by atoms with van der Waals surface area (Å²) in [6.45, 7) is 0. The van der Waals surface area contributed by atoms with Gasteiger partial charge in [0.25, 0.3) is 0 Å². The van der Waals surface area contributed by atoms with Crippen LogP contribution < -0.4 is 9.47 Å². The van der Waals surface area contributed by atoms with Crippen LogP contribution in [0.1, 0.15) is 16.8 Å². The molecule has 2 unspecified atom stereocenters. The topological polar surface area (TPSA) is 18.5 Å². The van der Waals surface area contributed by atoms with E-state index in [4.69, 9.17) is 9.47 Å². The molecule has 2 aromatic rings. The number of hydrogen-bond acceptors (Lipinski definition) is 2. The summed E-state index contributed by atoms with van der Waals surface area (Å²) in [5.74, 6) is 1.79. The second kappa shape index (κ2) is 6.58. The van der Waals surface area contributed by atoms with Gasteiger partial charge in [0.15, 0.2) is 0 Å². The van der Waals surface area contributed by atoms with Gasteiger partial charge in [-0.2, -0.15) is 0 Å². The Morgan fingerprint density at radius 1 is 0.842 bits per heavy atom. The first-order valence-electron chi connectivity index (χ1n) is 6.25. The zero-order valence-corrected chi connectivity index (χ0v) is 12.5. The van der Waals surface area contributed by atoms with Gasteiger partial charge in [-0.05, 0) is 41.8 Å². The van der Waals surface area contributed by atoms with Crippen molar-refractivity contribution in [3.05, 3.63) is 59.7 Å². The van der Waals surface area contributed by atoms with Crippen molar-refractivity contribution in [1.82, 2.24) is 0 Å². The van der Waals surface area contributed by atoms with Crippen LogP contribution in [0.15, 0.2) is 48.5 Å². The molecule has 2 nitrogen and oxygen atoms in total. The third kappa shape index (κ3) is 3.71. The number of ether oxygens (including phenoxy) is 2. The average Bonchev–Trinajstić information content (AvgIpc) is 2.48. The summed E-state index contributed by atoms with van der Waals surface area (Å²) in [6, 6.07) is 16.4. The smallest absolute Gasteiger partial charge is 0.118 e. The first-order valence-corrected chi connectivity index (χ1v) is 6.92. The summed E-state index contributed by atoms with van der Waals surface area (Å²) in [5, 5.41) is 0. The Morgan fingerprint density at radius 3 is 1.79 bits per heavy atom. The van der Waals surface area contributed by atoms with E-state index in [1.807, 2.05) is 24.3 Å². The first-order chi connectivity index (χ1) is 9.22. The molecule has 100 valence electrons. The van der Waals surface area contributed by atoms with Crippen molar-refractivity contribution in [1.29, 1.82) is 0 Å².